The summed E-state index contributed by atoms with van der Waals surface area (Å²) in [5.41, 5.74) is -3.01. The van der Waals surface area contributed by atoms with Gasteiger partial charge in [-0.15, -0.1) is 0 Å². The van der Waals surface area contributed by atoms with Gasteiger partial charge in [-0.1, -0.05) is 46.6 Å². The highest BCUT2D eigenvalue weighted by Crippen LogP contribution is 2.50. The molecule has 202 valence electrons. The monoisotopic (exact) mass is 596 g/mol. The molecule has 0 radical (unpaired) electrons. The van der Waals surface area contributed by atoms with E-state index < -0.39 is 53.8 Å². The maximum absolute atomic E-state index is 14.4. The first-order chi connectivity index (χ1) is 17.7. The standard InChI is InChI=1S/C24H16Cl2F6N2O3S/c25-14-7-13(8-15(26)9-14)22(24(30,31)32)10-19(34-37-22)17-5-6-20(18-4-2-1-3-16(17)18)38(36)11-21(35)33-12-23(27,28)29/h1-9H,10-12H2,(H,33,35)/t22-,38?/m0/s1. The van der Waals surface area contributed by atoms with Crippen molar-refractivity contribution < 1.29 is 40.5 Å². The molecule has 0 saturated carbocycles. The number of nitrogens with one attached hydrogen (secondary N) is 1. The molecular weight excluding hydrogens is 581 g/mol. The van der Waals surface area contributed by atoms with Gasteiger partial charge in [0.15, 0.2) is 10.6 Å². The molecule has 0 bridgehead atoms. The second-order valence-corrected chi connectivity index (χ2v) is 10.6. The summed E-state index contributed by atoms with van der Waals surface area (Å²) >= 11 is 9.83. The van der Waals surface area contributed by atoms with Crippen LogP contribution in [0.5, 0.6) is 0 Å². The van der Waals surface area contributed by atoms with E-state index >= 15 is 0 Å². The van der Waals surface area contributed by atoms with Crippen LogP contribution in [0, 0.1) is 0 Å². The molecule has 3 aromatic carbocycles. The van der Waals surface area contributed by atoms with E-state index in [0.29, 0.717) is 10.8 Å². The second-order valence-electron chi connectivity index (χ2n) is 8.33. The van der Waals surface area contributed by atoms with Gasteiger partial charge >= 0.3 is 12.4 Å². The molecule has 1 aliphatic heterocycles. The van der Waals surface area contributed by atoms with E-state index in [-0.39, 0.29) is 31.8 Å². The van der Waals surface area contributed by atoms with Gasteiger partial charge < -0.3 is 14.7 Å². The molecule has 0 saturated heterocycles. The summed E-state index contributed by atoms with van der Waals surface area (Å²) in [6.07, 6.45) is -10.3. The van der Waals surface area contributed by atoms with Crippen LogP contribution in [0.25, 0.3) is 10.8 Å². The van der Waals surface area contributed by atoms with E-state index in [1.807, 2.05) is 0 Å². The Kier molecular flexibility index (Phi) is 7.81. The van der Waals surface area contributed by atoms with Crippen LogP contribution in [0.2, 0.25) is 10.0 Å². The Hall–Kier alpha value is -2.67. The number of amides is 1. The number of alkyl halides is 6. The third-order valence-corrected chi connectivity index (χ3v) is 7.51. The molecule has 1 amide bonds. The number of carbonyl (C=O) groups excluding carboxylic acids is 1. The Bertz CT molecular complexity index is 1400. The molecule has 4 rings (SSSR count). The minimum atomic E-state index is -4.91. The van der Waals surface area contributed by atoms with Gasteiger partial charge in [0.25, 0.3) is 11.5 Å². The average molecular weight is 597 g/mol. The fourth-order valence-electron chi connectivity index (χ4n) is 4.00. The number of oxime groups is 1. The summed E-state index contributed by atoms with van der Waals surface area (Å²) in [6, 6.07) is 12.4. The van der Waals surface area contributed by atoms with Gasteiger partial charge in [-0.3, -0.25) is 4.79 Å². The molecule has 0 aromatic heterocycles. The smallest absolute Gasteiger partial charge is 0.435 e. The van der Waals surface area contributed by atoms with Crippen molar-refractivity contribution >= 4 is 56.8 Å². The zero-order valence-corrected chi connectivity index (χ0v) is 21.2. The molecular formula is C24H16Cl2F6N2O3S. The molecule has 0 spiro atoms. The molecule has 1 N–H and O–H groups in total. The predicted molar refractivity (Wildman–Crippen MR) is 131 cm³/mol. The first-order valence-corrected chi connectivity index (χ1v) is 12.8. The van der Waals surface area contributed by atoms with Crippen molar-refractivity contribution in [1.29, 1.82) is 0 Å². The van der Waals surface area contributed by atoms with Gasteiger partial charge in [0.2, 0.25) is 0 Å². The topological polar surface area (TPSA) is 73.8 Å². The fraction of sp³-hybridized carbons (Fsp3) is 0.250. The number of halogens is 8. The van der Waals surface area contributed by atoms with Gasteiger partial charge in [0, 0.05) is 33.0 Å². The number of nitrogens with zero attached hydrogens (tertiary/aromatic N) is 1. The van der Waals surface area contributed by atoms with Crippen molar-refractivity contribution in [3.05, 3.63) is 75.8 Å². The maximum Gasteiger partial charge on any atom is 0.435 e. The maximum atomic E-state index is 14.4. The van der Waals surface area contributed by atoms with Crippen molar-refractivity contribution in [1.82, 2.24) is 5.32 Å². The normalized spacial score (nSPS) is 18.7. The van der Waals surface area contributed by atoms with Crippen LogP contribution in [-0.2, 0) is 26.4 Å². The third-order valence-electron chi connectivity index (χ3n) is 5.70. The lowest BCUT2D eigenvalue weighted by atomic mass is 9.85. The minimum Gasteiger partial charge on any atom is -0.611 e. The lowest BCUT2D eigenvalue weighted by molar-refractivity contribution is -0.275. The number of fused-ring (bicyclic) bond motifs is 1. The molecule has 0 aliphatic carbocycles. The van der Waals surface area contributed by atoms with Crippen LogP contribution in [0.1, 0.15) is 17.5 Å². The predicted octanol–water partition coefficient (Wildman–Crippen LogP) is 6.51. The average Bonchev–Trinajstić information content (AvgIpc) is 3.28. The molecule has 1 heterocycles. The summed E-state index contributed by atoms with van der Waals surface area (Å²) in [5, 5.41) is 6.04. The summed E-state index contributed by atoms with van der Waals surface area (Å²) in [6.45, 7) is -1.57. The van der Waals surface area contributed by atoms with Crippen LogP contribution in [0.4, 0.5) is 26.3 Å². The van der Waals surface area contributed by atoms with E-state index in [1.54, 1.807) is 23.5 Å². The van der Waals surface area contributed by atoms with E-state index in [0.717, 1.165) is 12.1 Å². The highest BCUT2D eigenvalue weighted by Gasteiger charge is 2.62. The summed E-state index contributed by atoms with van der Waals surface area (Å²) in [7, 11) is 0. The van der Waals surface area contributed by atoms with Crippen molar-refractivity contribution in [2.45, 2.75) is 29.3 Å². The molecule has 1 unspecified atom stereocenters. The van der Waals surface area contributed by atoms with Crippen LogP contribution in [0.3, 0.4) is 0 Å². The first-order valence-electron chi connectivity index (χ1n) is 10.7. The summed E-state index contributed by atoms with van der Waals surface area (Å²) < 4.78 is 93.0. The Morgan fingerprint density at radius 3 is 2.26 bits per heavy atom. The molecule has 14 heteroatoms. The van der Waals surface area contributed by atoms with Crippen molar-refractivity contribution in [3.63, 3.8) is 0 Å². The third kappa shape index (κ3) is 5.83. The Morgan fingerprint density at radius 1 is 1.03 bits per heavy atom. The number of benzene rings is 3. The van der Waals surface area contributed by atoms with Gasteiger partial charge in [-0.2, -0.15) is 26.3 Å². The molecule has 3 aromatic rings. The Morgan fingerprint density at radius 2 is 1.66 bits per heavy atom. The van der Waals surface area contributed by atoms with Crippen LogP contribution in [0.15, 0.2) is 64.6 Å². The number of carbonyl (C=O) groups is 1. The highest BCUT2D eigenvalue weighted by molar-refractivity contribution is 7.92. The van der Waals surface area contributed by atoms with Gasteiger partial charge in [0.1, 0.15) is 6.54 Å². The quantitative estimate of drug-likeness (QED) is 0.260. The molecule has 38 heavy (non-hydrogen) atoms. The summed E-state index contributed by atoms with van der Waals surface area (Å²) in [5.74, 6) is -1.81. The second kappa shape index (κ2) is 10.5. The van der Waals surface area contributed by atoms with Gasteiger partial charge in [-0.25, -0.2) is 0 Å². The summed E-state index contributed by atoms with van der Waals surface area (Å²) in [4.78, 5) is 17.0. The van der Waals surface area contributed by atoms with Crippen molar-refractivity contribution in [2.24, 2.45) is 5.16 Å². The van der Waals surface area contributed by atoms with E-state index in [4.69, 9.17) is 28.0 Å². The van der Waals surface area contributed by atoms with Crippen LogP contribution >= 0.6 is 23.2 Å². The first kappa shape index (κ1) is 28.3. The molecule has 5 nitrogen and oxygen atoms in total. The number of hydrogen-bond donors (Lipinski definition) is 1. The largest absolute Gasteiger partial charge is 0.611 e. The highest BCUT2D eigenvalue weighted by atomic mass is 35.5. The molecule has 1 aliphatic rings. The molecule has 0 fully saturated rings. The lowest BCUT2D eigenvalue weighted by Gasteiger charge is -2.29. The number of rotatable bonds is 6. The number of hydrogen-bond acceptors (Lipinski definition) is 4. The van der Waals surface area contributed by atoms with Gasteiger partial charge in [-0.05, 0) is 53.0 Å². The lowest BCUT2D eigenvalue weighted by Crippen LogP contribution is -2.42. The van der Waals surface area contributed by atoms with E-state index in [2.05, 4.69) is 5.16 Å². The van der Waals surface area contributed by atoms with Crippen LogP contribution in [-0.4, -0.2) is 40.8 Å². The zero-order valence-electron chi connectivity index (χ0n) is 18.9. The van der Waals surface area contributed by atoms with Crippen molar-refractivity contribution in [3.8, 4) is 0 Å². The zero-order chi connectivity index (χ0) is 27.9. The van der Waals surface area contributed by atoms with E-state index in [9.17, 15) is 35.7 Å². The van der Waals surface area contributed by atoms with Gasteiger partial charge in [0.05, 0.1) is 5.71 Å². The Balaban J connectivity index is 1.67. The van der Waals surface area contributed by atoms with Crippen LogP contribution < -0.4 is 5.32 Å². The fourth-order valence-corrected chi connectivity index (χ4v) is 5.67. The Labute approximate surface area is 224 Å². The SMILES string of the molecule is O=C(C[S+]([O-])c1ccc(C2=NO[C@@](c3cc(Cl)cc(Cl)c3)(C(F)(F)F)C2)c2ccccc12)NCC(F)(F)F. The molecule has 2 atom stereocenters. The minimum absolute atomic E-state index is 0.0234. The van der Waals surface area contributed by atoms with E-state index in [1.165, 1.54) is 24.3 Å². The van der Waals surface area contributed by atoms with Crippen molar-refractivity contribution in [2.75, 3.05) is 12.3 Å².